The van der Waals surface area contributed by atoms with E-state index < -0.39 is 11.7 Å². The Morgan fingerprint density at radius 1 is 1.05 bits per heavy atom. The highest BCUT2D eigenvalue weighted by atomic mass is 32.2. The zero-order valence-corrected chi connectivity index (χ0v) is 12.1. The third kappa shape index (κ3) is 3.88. The second-order valence-corrected chi connectivity index (χ2v) is 5.34. The van der Waals surface area contributed by atoms with E-state index in [1.54, 1.807) is 12.1 Å². The van der Waals surface area contributed by atoms with Crippen molar-refractivity contribution in [3.05, 3.63) is 65.2 Å². The molecule has 0 aliphatic heterocycles. The van der Waals surface area contributed by atoms with Gasteiger partial charge in [-0.1, -0.05) is 30.3 Å². The number of carbonyl (C=O) groups excluding carboxylic acids is 1. The third-order valence-electron chi connectivity index (χ3n) is 3.05. The van der Waals surface area contributed by atoms with Crippen LogP contribution in [0.15, 0.2) is 53.4 Å². The number of halogens is 3. The van der Waals surface area contributed by atoms with Gasteiger partial charge in [-0.2, -0.15) is 13.2 Å². The minimum atomic E-state index is -4.35. The van der Waals surface area contributed by atoms with Crippen LogP contribution in [0, 0.1) is 0 Å². The Balaban J connectivity index is 2.16. The molecule has 2 aromatic rings. The van der Waals surface area contributed by atoms with Crippen LogP contribution in [0.5, 0.6) is 0 Å². The number of alkyl halides is 3. The first-order valence-electron chi connectivity index (χ1n) is 6.24. The number of thioether (sulfide) groups is 1. The van der Waals surface area contributed by atoms with Crippen molar-refractivity contribution in [2.45, 2.75) is 17.5 Å². The number of carbonyl (C=O) groups is 1. The summed E-state index contributed by atoms with van der Waals surface area (Å²) < 4.78 is 37.4. The lowest BCUT2D eigenvalue weighted by Gasteiger charge is -2.08. The van der Waals surface area contributed by atoms with Crippen LogP contribution < -0.4 is 0 Å². The van der Waals surface area contributed by atoms with E-state index in [0.29, 0.717) is 11.1 Å². The lowest BCUT2D eigenvalue weighted by atomic mass is 10.0. The van der Waals surface area contributed by atoms with Gasteiger partial charge in [0.1, 0.15) is 0 Å². The topological polar surface area (TPSA) is 17.1 Å². The molecule has 0 saturated carbocycles. The number of rotatable bonds is 4. The lowest BCUT2D eigenvalue weighted by molar-refractivity contribution is -0.137. The number of ketones is 1. The third-order valence-corrected chi connectivity index (χ3v) is 3.85. The fourth-order valence-electron chi connectivity index (χ4n) is 1.97. The summed E-state index contributed by atoms with van der Waals surface area (Å²) in [6, 6.07) is 11.9. The first-order valence-corrected chi connectivity index (χ1v) is 7.46. The van der Waals surface area contributed by atoms with Gasteiger partial charge >= 0.3 is 6.18 Å². The summed E-state index contributed by atoms with van der Waals surface area (Å²) in [4.78, 5) is 13.1. The Bertz CT molecular complexity index is 633. The maximum Gasteiger partial charge on any atom is 0.416 e. The van der Waals surface area contributed by atoms with Crippen molar-refractivity contribution < 1.29 is 18.0 Å². The second kappa shape index (κ2) is 6.35. The smallest absolute Gasteiger partial charge is 0.294 e. The summed E-state index contributed by atoms with van der Waals surface area (Å²) in [6.07, 6.45) is -2.38. The summed E-state index contributed by atoms with van der Waals surface area (Å²) >= 11 is 1.47. The van der Waals surface area contributed by atoms with E-state index in [1.165, 1.54) is 23.9 Å². The van der Waals surface area contributed by atoms with Gasteiger partial charge in [0.05, 0.1) is 5.56 Å². The standard InChI is InChI=1S/C16H13F3OS/c1-21-15-5-3-2-4-13(15)14(20)10-11-6-8-12(9-7-11)16(17,18)19/h2-9H,10H2,1H3. The van der Waals surface area contributed by atoms with Crippen molar-refractivity contribution in [1.29, 1.82) is 0 Å². The molecule has 21 heavy (non-hydrogen) atoms. The van der Waals surface area contributed by atoms with Crippen LogP contribution in [0.4, 0.5) is 13.2 Å². The van der Waals surface area contributed by atoms with E-state index in [9.17, 15) is 18.0 Å². The summed E-state index contributed by atoms with van der Waals surface area (Å²) in [5.41, 5.74) is 0.469. The molecule has 5 heteroatoms. The van der Waals surface area contributed by atoms with Gasteiger partial charge < -0.3 is 0 Å². The summed E-state index contributed by atoms with van der Waals surface area (Å²) in [5, 5.41) is 0. The van der Waals surface area contributed by atoms with Gasteiger partial charge in [0, 0.05) is 16.9 Å². The Morgan fingerprint density at radius 2 is 1.67 bits per heavy atom. The Labute approximate surface area is 125 Å². The predicted molar refractivity (Wildman–Crippen MR) is 77.7 cm³/mol. The zero-order valence-electron chi connectivity index (χ0n) is 11.3. The van der Waals surface area contributed by atoms with Crippen molar-refractivity contribution in [2.24, 2.45) is 0 Å². The van der Waals surface area contributed by atoms with Crippen molar-refractivity contribution in [1.82, 2.24) is 0 Å². The number of Topliss-reactive ketones (excluding diaryl/α,β-unsaturated/α-hetero) is 1. The Hall–Kier alpha value is -1.75. The van der Waals surface area contributed by atoms with Gasteiger partial charge in [0.15, 0.2) is 5.78 Å². The molecule has 0 bridgehead atoms. The predicted octanol–water partition coefficient (Wildman–Crippen LogP) is 4.85. The molecule has 0 atom stereocenters. The molecule has 0 saturated heterocycles. The van der Waals surface area contributed by atoms with Crippen LogP contribution in [0.25, 0.3) is 0 Å². The van der Waals surface area contributed by atoms with Crippen LogP contribution >= 0.6 is 11.8 Å². The van der Waals surface area contributed by atoms with Crippen molar-refractivity contribution in [2.75, 3.05) is 6.26 Å². The second-order valence-electron chi connectivity index (χ2n) is 4.49. The molecule has 0 spiro atoms. The molecule has 110 valence electrons. The molecular formula is C16H13F3OS. The summed E-state index contributed by atoms with van der Waals surface area (Å²) in [6.45, 7) is 0. The largest absolute Gasteiger partial charge is 0.416 e. The van der Waals surface area contributed by atoms with Crippen LogP contribution in [-0.2, 0) is 12.6 Å². The minimum Gasteiger partial charge on any atom is -0.294 e. The highest BCUT2D eigenvalue weighted by molar-refractivity contribution is 7.98. The molecular weight excluding hydrogens is 297 g/mol. The molecule has 0 fully saturated rings. The van der Waals surface area contributed by atoms with E-state index in [0.717, 1.165) is 17.0 Å². The molecule has 2 aromatic carbocycles. The van der Waals surface area contributed by atoms with Gasteiger partial charge in [0.25, 0.3) is 0 Å². The van der Waals surface area contributed by atoms with Crippen LogP contribution in [0.1, 0.15) is 21.5 Å². The molecule has 1 nitrogen and oxygen atoms in total. The maximum atomic E-state index is 12.5. The van der Waals surface area contributed by atoms with E-state index >= 15 is 0 Å². The molecule has 0 N–H and O–H groups in total. The van der Waals surface area contributed by atoms with Crippen molar-refractivity contribution >= 4 is 17.5 Å². The van der Waals surface area contributed by atoms with Gasteiger partial charge in [-0.15, -0.1) is 11.8 Å². The molecule has 0 heterocycles. The number of hydrogen-bond donors (Lipinski definition) is 0. The van der Waals surface area contributed by atoms with Gasteiger partial charge in [0.2, 0.25) is 0 Å². The molecule has 0 amide bonds. The van der Waals surface area contributed by atoms with E-state index in [-0.39, 0.29) is 12.2 Å². The van der Waals surface area contributed by atoms with Crippen molar-refractivity contribution in [3.8, 4) is 0 Å². The first-order chi connectivity index (χ1) is 9.91. The monoisotopic (exact) mass is 310 g/mol. The average Bonchev–Trinajstić information content (AvgIpc) is 2.46. The van der Waals surface area contributed by atoms with E-state index in [4.69, 9.17) is 0 Å². The molecule has 0 unspecified atom stereocenters. The normalized spacial score (nSPS) is 11.4. The average molecular weight is 310 g/mol. The quantitative estimate of drug-likeness (QED) is 0.593. The molecule has 0 aliphatic rings. The number of benzene rings is 2. The highest BCUT2D eigenvalue weighted by Crippen LogP contribution is 2.29. The molecule has 0 aliphatic carbocycles. The fraction of sp³-hybridized carbons (Fsp3) is 0.188. The van der Waals surface area contributed by atoms with Crippen LogP contribution in [-0.4, -0.2) is 12.0 Å². The van der Waals surface area contributed by atoms with Crippen LogP contribution in [0.2, 0.25) is 0 Å². The zero-order chi connectivity index (χ0) is 15.5. The molecule has 2 rings (SSSR count). The molecule has 0 aromatic heterocycles. The van der Waals surface area contributed by atoms with E-state index in [2.05, 4.69) is 0 Å². The minimum absolute atomic E-state index is 0.0930. The summed E-state index contributed by atoms with van der Waals surface area (Å²) in [7, 11) is 0. The first kappa shape index (κ1) is 15.6. The SMILES string of the molecule is CSc1ccccc1C(=O)Cc1ccc(C(F)(F)F)cc1. The van der Waals surface area contributed by atoms with Gasteiger partial charge in [-0.05, 0) is 30.0 Å². The molecule has 0 radical (unpaired) electrons. The van der Waals surface area contributed by atoms with Crippen LogP contribution in [0.3, 0.4) is 0 Å². The maximum absolute atomic E-state index is 12.5. The Kier molecular flexibility index (Phi) is 4.73. The van der Waals surface area contributed by atoms with Gasteiger partial charge in [-0.25, -0.2) is 0 Å². The van der Waals surface area contributed by atoms with E-state index in [1.807, 2.05) is 18.4 Å². The highest BCUT2D eigenvalue weighted by Gasteiger charge is 2.30. The number of hydrogen-bond acceptors (Lipinski definition) is 2. The fourth-order valence-corrected chi connectivity index (χ4v) is 2.58. The van der Waals surface area contributed by atoms with Crippen molar-refractivity contribution in [3.63, 3.8) is 0 Å². The Morgan fingerprint density at radius 3 is 2.24 bits per heavy atom. The summed E-state index contributed by atoms with van der Waals surface area (Å²) in [5.74, 6) is -0.0975. The van der Waals surface area contributed by atoms with Gasteiger partial charge in [-0.3, -0.25) is 4.79 Å². The lowest BCUT2D eigenvalue weighted by Crippen LogP contribution is -2.07.